The number of ether oxygens (including phenoxy) is 4. The Labute approximate surface area is 192 Å². The van der Waals surface area contributed by atoms with E-state index >= 15 is 0 Å². The van der Waals surface area contributed by atoms with Crippen LogP contribution in [0.2, 0.25) is 0 Å². The maximum atomic E-state index is 12.9. The molecule has 1 amide bonds. The zero-order valence-electron chi connectivity index (χ0n) is 20.0. The average Bonchev–Trinajstić information content (AvgIpc) is 3.14. The average molecular weight is 478 g/mol. The molecular weight excluding hydrogens is 438 g/mol. The standard InChI is InChI=1S/C21H39N3O7S/c1-20(2,3)31-19(25)24-12-6-7-17(22-32(26,27)23(4)5)18(24)15-28-16-8-10-21(11-9-16)29-13-14-30-21/h16-18,22H,6-15H2,1-5H3/t17-,18-/m0/s1. The van der Waals surface area contributed by atoms with Crippen molar-refractivity contribution in [2.24, 2.45) is 0 Å². The monoisotopic (exact) mass is 477 g/mol. The molecule has 2 heterocycles. The van der Waals surface area contributed by atoms with E-state index in [0.29, 0.717) is 32.6 Å². The van der Waals surface area contributed by atoms with Gasteiger partial charge in [-0.15, -0.1) is 0 Å². The molecule has 3 aliphatic rings. The number of nitrogens with zero attached hydrogens (tertiary/aromatic N) is 2. The summed E-state index contributed by atoms with van der Waals surface area (Å²) in [5, 5.41) is 0. The molecule has 32 heavy (non-hydrogen) atoms. The number of piperidine rings is 1. The molecule has 0 aromatic rings. The highest BCUT2D eigenvalue weighted by atomic mass is 32.2. The van der Waals surface area contributed by atoms with E-state index in [1.54, 1.807) is 4.90 Å². The molecule has 2 aliphatic heterocycles. The Balaban J connectivity index is 1.68. The van der Waals surface area contributed by atoms with E-state index in [2.05, 4.69) is 4.72 Å². The van der Waals surface area contributed by atoms with Gasteiger partial charge in [0.2, 0.25) is 0 Å². The highest BCUT2D eigenvalue weighted by Crippen LogP contribution is 2.37. The van der Waals surface area contributed by atoms with Crippen LogP contribution in [0.5, 0.6) is 0 Å². The van der Waals surface area contributed by atoms with E-state index in [-0.39, 0.29) is 12.7 Å². The third kappa shape index (κ3) is 6.54. The van der Waals surface area contributed by atoms with E-state index in [0.717, 1.165) is 30.0 Å². The summed E-state index contributed by atoms with van der Waals surface area (Å²) < 4.78 is 52.3. The Morgan fingerprint density at radius 3 is 2.34 bits per heavy atom. The van der Waals surface area contributed by atoms with Crippen LogP contribution in [0.25, 0.3) is 0 Å². The van der Waals surface area contributed by atoms with E-state index in [9.17, 15) is 13.2 Å². The Bertz CT molecular complexity index is 737. The summed E-state index contributed by atoms with van der Waals surface area (Å²) >= 11 is 0. The molecule has 1 spiro atoms. The first-order chi connectivity index (χ1) is 14.9. The summed E-state index contributed by atoms with van der Waals surface area (Å²) in [5.74, 6) is -0.461. The van der Waals surface area contributed by atoms with Crippen LogP contribution in [-0.2, 0) is 29.2 Å². The second-order valence-corrected chi connectivity index (χ2v) is 12.0. The highest BCUT2D eigenvalue weighted by Gasteiger charge is 2.42. The summed E-state index contributed by atoms with van der Waals surface area (Å²) in [6.07, 6.45) is 4.01. The summed E-state index contributed by atoms with van der Waals surface area (Å²) in [6, 6.07) is -0.914. The van der Waals surface area contributed by atoms with Gasteiger partial charge in [-0.2, -0.15) is 17.4 Å². The lowest BCUT2D eigenvalue weighted by Crippen LogP contribution is -2.60. The van der Waals surface area contributed by atoms with Gasteiger partial charge in [-0.05, 0) is 46.5 Å². The molecule has 1 saturated carbocycles. The fourth-order valence-corrected chi connectivity index (χ4v) is 5.33. The fraction of sp³-hybridized carbons (Fsp3) is 0.952. The van der Waals surface area contributed by atoms with E-state index in [4.69, 9.17) is 18.9 Å². The first-order valence-electron chi connectivity index (χ1n) is 11.5. The predicted octanol–water partition coefficient (Wildman–Crippen LogP) is 1.85. The lowest BCUT2D eigenvalue weighted by atomic mass is 9.91. The van der Waals surface area contributed by atoms with Crippen LogP contribution in [-0.4, -0.2) is 93.8 Å². The van der Waals surface area contributed by atoms with Crippen molar-refractivity contribution in [1.29, 1.82) is 0 Å². The van der Waals surface area contributed by atoms with Crippen molar-refractivity contribution in [3.63, 3.8) is 0 Å². The van der Waals surface area contributed by atoms with Gasteiger partial charge >= 0.3 is 6.09 Å². The van der Waals surface area contributed by atoms with Crippen molar-refractivity contribution in [3.05, 3.63) is 0 Å². The Morgan fingerprint density at radius 1 is 1.16 bits per heavy atom. The van der Waals surface area contributed by atoms with Crippen LogP contribution in [0.4, 0.5) is 4.79 Å². The molecular formula is C21H39N3O7S. The van der Waals surface area contributed by atoms with Crippen molar-refractivity contribution in [3.8, 4) is 0 Å². The number of amides is 1. The molecule has 0 unspecified atom stereocenters. The van der Waals surface area contributed by atoms with E-state index < -0.39 is 39.8 Å². The quantitative estimate of drug-likeness (QED) is 0.622. The third-order valence-corrected chi connectivity index (χ3v) is 7.76. The molecule has 0 bridgehead atoms. The zero-order valence-corrected chi connectivity index (χ0v) is 20.8. The number of hydrogen-bond acceptors (Lipinski definition) is 7. The molecule has 11 heteroatoms. The van der Waals surface area contributed by atoms with E-state index in [1.165, 1.54) is 14.1 Å². The first kappa shape index (κ1) is 25.6. The van der Waals surface area contributed by atoms with Gasteiger partial charge in [0.1, 0.15) is 5.60 Å². The van der Waals surface area contributed by atoms with Crippen LogP contribution in [0.1, 0.15) is 59.3 Å². The van der Waals surface area contributed by atoms with Crippen molar-refractivity contribution < 1.29 is 32.2 Å². The molecule has 0 aromatic carbocycles. The van der Waals surface area contributed by atoms with E-state index in [1.807, 2.05) is 20.8 Å². The van der Waals surface area contributed by atoms with Gasteiger partial charge in [0.25, 0.3) is 10.2 Å². The molecule has 10 nitrogen and oxygen atoms in total. The van der Waals surface area contributed by atoms with Gasteiger partial charge in [0, 0.05) is 39.5 Å². The normalized spacial score (nSPS) is 27.2. The zero-order chi connectivity index (χ0) is 23.6. The first-order valence-corrected chi connectivity index (χ1v) is 12.9. The van der Waals surface area contributed by atoms with Crippen LogP contribution in [0.3, 0.4) is 0 Å². The SMILES string of the molecule is CN(C)S(=O)(=O)N[C@H]1CCCN(C(=O)OC(C)(C)C)[C@H]1COC1CCC2(CC1)OCCO2. The molecule has 2 saturated heterocycles. The number of rotatable bonds is 6. The molecule has 0 radical (unpaired) electrons. The van der Waals surface area contributed by atoms with Crippen molar-refractivity contribution in [2.45, 2.75) is 88.9 Å². The number of carbonyl (C=O) groups is 1. The van der Waals surface area contributed by atoms with Crippen LogP contribution < -0.4 is 4.72 Å². The number of nitrogens with one attached hydrogen (secondary N) is 1. The van der Waals surface area contributed by atoms with Gasteiger partial charge < -0.3 is 23.8 Å². The minimum atomic E-state index is -3.66. The minimum Gasteiger partial charge on any atom is -0.444 e. The van der Waals surface area contributed by atoms with Crippen LogP contribution >= 0.6 is 0 Å². The maximum Gasteiger partial charge on any atom is 0.410 e. The Hall–Kier alpha value is -0.980. The Kier molecular flexibility index (Phi) is 8.10. The molecule has 186 valence electrons. The third-order valence-electron chi connectivity index (χ3n) is 6.20. The smallest absolute Gasteiger partial charge is 0.410 e. The maximum absolute atomic E-state index is 12.9. The molecule has 3 fully saturated rings. The molecule has 2 atom stereocenters. The largest absolute Gasteiger partial charge is 0.444 e. The second-order valence-electron chi connectivity index (χ2n) is 10.0. The fourth-order valence-electron chi connectivity index (χ4n) is 4.46. The number of likely N-dealkylation sites (tertiary alicyclic amines) is 1. The topological polar surface area (TPSA) is 107 Å². The van der Waals surface area contributed by atoms with Crippen LogP contribution in [0, 0.1) is 0 Å². The lowest BCUT2D eigenvalue weighted by molar-refractivity contribution is -0.193. The van der Waals surface area contributed by atoms with Crippen LogP contribution in [0.15, 0.2) is 0 Å². The number of hydrogen-bond donors (Lipinski definition) is 1. The number of carbonyl (C=O) groups excluding carboxylic acids is 1. The van der Waals surface area contributed by atoms with Crippen molar-refractivity contribution in [1.82, 2.24) is 13.9 Å². The summed E-state index contributed by atoms with van der Waals surface area (Å²) in [7, 11) is -0.698. The molecule has 1 aliphatic carbocycles. The Morgan fingerprint density at radius 2 is 1.78 bits per heavy atom. The molecule has 3 rings (SSSR count). The summed E-state index contributed by atoms with van der Waals surface area (Å²) in [4.78, 5) is 14.5. The summed E-state index contributed by atoms with van der Waals surface area (Å²) in [5.41, 5.74) is -0.641. The lowest BCUT2D eigenvalue weighted by Gasteiger charge is -2.43. The summed E-state index contributed by atoms with van der Waals surface area (Å²) in [6.45, 7) is 7.45. The second kappa shape index (κ2) is 10.1. The minimum absolute atomic E-state index is 0.0157. The van der Waals surface area contributed by atoms with Gasteiger partial charge in [-0.3, -0.25) is 0 Å². The van der Waals surface area contributed by atoms with Gasteiger partial charge in [-0.25, -0.2) is 4.79 Å². The van der Waals surface area contributed by atoms with Gasteiger partial charge in [0.15, 0.2) is 5.79 Å². The highest BCUT2D eigenvalue weighted by molar-refractivity contribution is 7.87. The van der Waals surface area contributed by atoms with Gasteiger partial charge in [-0.1, -0.05) is 0 Å². The predicted molar refractivity (Wildman–Crippen MR) is 118 cm³/mol. The van der Waals surface area contributed by atoms with Crippen molar-refractivity contribution >= 4 is 16.3 Å². The van der Waals surface area contributed by atoms with Gasteiger partial charge in [0.05, 0.1) is 32.0 Å². The molecule has 1 N–H and O–H groups in total. The molecule has 0 aromatic heterocycles. The van der Waals surface area contributed by atoms with Crippen molar-refractivity contribution in [2.75, 3.05) is 40.5 Å².